The first-order valence-electron chi connectivity index (χ1n) is 11.7. The highest BCUT2D eigenvalue weighted by molar-refractivity contribution is 6.22. The van der Waals surface area contributed by atoms with E-state index >= 15 is 0 Å². The molecule has 2 heterocycles. The van der Waals surface area contributed by atoms with Crippen LogP contribution in [0, 0.1) is 36.5 Å². The molecule has 3 fully saturated rings. The summed E-state index contributed by atoms with van der Waals surface area (Å²) in [7, 11) is 0. The minimum atomic E-state index is -0.591. The van der Waals surface area contributed by atoms with Gasteiger partial charge in [-0.2, -0.15) is 0 Å². The van der Waals surface area contributed by atoms with Crippen LogP contribution < -0.4 is 14.5 Å². The monoisotopic (exact) mass is 456 g/mol. The third-order valence-electron chi connectivity index (χ3n) is 7.63. The zero-order chi connectivity index (χ0) is 23.6. The number of carbonyl (C=O) groups excluding carboxylic acids is 4. The molecule has 5 atom stereocenters. The van der Waals surface area contributed by atoms with Crippen molar-refractivity contribution in [3.63, 3.8) is 0 Å². The van der Waals surface area contributed by atoms with Gasteiger partial charge in [0, 0.05) is 24.7 Å². The van der Waals surface area contributed by atoms with E-state index in [1.165, 1.54) is 4.90 Å². The molecule has 2 aromatic carbocycles. The summed E-state index contributed by atoms with van der Waals surface area (Å²) in [6.45, 7) is 2.18. The van der Waals surface area contributed by atoms with Gasteiger partial charge in [-0.15, -0.1) is 0 Å². The molecular weight excluding hydrogens is 432 g/mol. The lowest BCUT2D eigenvalue weighted by Gasteiger charge is -2.19. The van der Waals surface area contributed by atoms with Gasteiger partial charge in [0.1, 0.15) is 5.75 Å². The van der Waals surface area contributed by atoms with Gasteiger partial charge in [-0.1, -0.05) is 36.4 Å². The van der Waals surface area contributed by atoms with Crippen molar-refractivity contribution in [2.75, 3.05) is 16.3 Å². The molecule has 172 valence electrons. The highest BCUT2D eigenvalue weighted by Crippen LogP contribution is 2.53. The van der Waals surface area contributed by atoms with Gasteiger partial charge in [0.05, 0.1) is 23.4 Å². The molecule has 0 N–H and O–H groups in total. The molecule has 2 aliphatic carbocycles. The number of rotatable bonds is 4. The first-order valence-corrected chi connectivity index (χ1v) is 11.7. The first-order chi connectivity index (χ1) is 16.4. The number of imide groups is 1. The molecule has 34 heavy (non-hydrogen) atoms. The van der Waals surface area contributed by atoms with Gasteiger partial charge in [0.25, 0.3) is 0 Å². The van der Waals surface area contributed by atoms with E-state index in [4.69, 9.17) is 4.74 Å². The molecule has 0 unspecified atom stereocenters. The SMILES string of the molecule is Cc1ccccc1N1C[C@H](C(=O)Oc2cccc(N3C(=O)[C@@H]4[C@H](C3=O)[C@H]3C=C[C@H]4C3)c2)CC1=O. The van der Waals surface area contributed by atoms with Crippen LogP contribution in [0.1, 0.15) is 18.4 Å². The molecule has 4 aliphatic rings. The second-order valence-corrected chi connectivity index (χ2v) is 9.62. The summed E-state index contributed by atoms with van der Waals surface area (Å²) < 4.78 is 5.60. The van der Waals surface area contributed by atoms with Gasteiger partial charge in [-0.25, -0.2) is 4.90 Å². The van der Waals surface area contributed by atoms with Crippen LogP contribution in [-0.4, -0.2) is 30.2 Å². The molecule has 2 aliphatic heterocycles. The van der Waals surface area contributed by atoms with Crippen molar-refractivity contribution >= 4 is 35.1 Å². The predicted molar refractivity (Wildman–Crippen MR) is 124 cm³/mol. The predicted octanol–water partition coefficient (Wildman–Crippen LogP) is 3.27. The van der Waals surface area contributed by atoms with E-state index in [1.807, 2.05) is 31.2 Å². The summed E-state index contributed by atoms with van der Waals surface area (Å²) in [5.74, 6) is -1.61. The van der Waals surface area contributed by atoms with E-state index in [9.17, 15) is 19.2 Å². The van der Waals surface area contributed by atoms with Crippen LogP contribution in [0.5, 0.6) is 5.75 Å². The molecule has 0 spiro atoms. The summed E-state index contributed by atoms with van der Waals surface area (Å²) >= 11 is 0. The van der Waals surface area contributed by atoms with Crippen molar-refractivity contribution in [2.24, 2.45) is 29.6 Å². The number of aryl methyl sites for hydroxylation is 1. The van der Waals surface area contributed by atoms with Crippen LogP contribution in [0.25, 0.3) is 0 Å². The van der Waals surface area contributed by atoms with E-state index in [-0.39, 0.29) is 60.1 Å². The minimum absolute atomic E-state index is 0.0785. The minimum Gasteiger partial charge on any atom is -0.426 e. The normalized spacial score (nSPS) is 29.3. The number of hydrogen-bond acceptors (Lipinski definition) is 5. The summed E-state index contributed by atoms with van der Waals surface area (Å²) in [6, 6.07) is 14.1. The van der Waals surface area contributed by atoms with Crippen LogP contribution in [0.15, 0.2) is 60.7 Å². The molecule has 2 bridgehead atoms. The number of anilines is 2. The van der Waals surface area contributed by atoms with Gasteiger partial charge in [-0.05, 0) is 48.9 Å². The van der Waals surface area contributed by atoms with Crippen LogP contribution in [-0.2, 0) is 19.2 Å². The van der Waals surface area contributed by atoms with Gasteiger partial charge in [-0.3, -0.25) is 19.2 Å². The Labute approximate surface area is 197 Å². The Morgan fingerprint density at radius 1 is 0.941 bits per heavy atom. The van der Waals surface area contributed by atoms with Gasteiger partial charge in [0.2, 0.25) is 17.7 Å². The average Bonchev–Trinajstić information content (AvgIpc) is 3.58. The fraction of sp³-hybridized carbons (Fsp3) is 0.333. The number of fused-ring (bicyclic) bond motifs is 5. The smallest absolute Gasteiger partial charge is 0.316 e. The third kappa shape index (κ3) is 3.10. The maximum absolute atomic E-state index is 13.1. The topological polar surface area (TPSA) is 84.0 Å². The second-order valence-electron chi connectivity index (χ2n) is 9.62. The Morgan fingerprint density at radius 3 is 2.35 bits per heavy atom. The Balaban J connectivity index is 1.18. The van der Waals surface area contributed by atoms with Crippen LogP contribution in [0.4, 0.5) is 11.4 Å². The number of allylic oxidation sites excluding steroid dienone is 2. The summed E-state index contributed by atoms with van der Waals surface area (Å²) in [4.78, 5) is 54.5. The number of ether oxygens (including phenoxy) is 1. The molecule has 7 heteroatoms. The lowest BCUT2D eigenvalue weighted by Crippen LogP contribution is -2.32. The second kappa shape index (κ2) is 7.65. The molecule has 0 aromatic heterocycles. The van der Waals surface area contributed by atoms with Crippen LogP contribution in [0.3, 0.4) is 0 Å². The number of carbonyl (C=O) groups is 4. The quantitative estimate of drug-likeness (QED) is 0.305. The number of hydrogen-bond donors (Lipinski definition) is 0. The molecule has 2 saturated heterocycles. The largest absolute Gasteiger partial charge is 0.426 e. The molecule has 2 aromatic rings. The van der Waals surface area contributed by atoms with E-state index < -0.39 is 11.9 Å². The summed E-state index contributed by atoms with van der Waals surface area (Å²) in [5.41, 5.74) is 2.17. The fourth-order valence-corrected chi connectivity index (χ4v) is 6.01. The molecular formula is C27H24N2O5. The average molecular weight is 456 g/mol. The van der Waals surface area contributed by atoms with Crippen molar-refractivity contribution in [1.82, 2.24) is 0 Å². The number of esters is 1. The molecule has 1 saturated carbocycles. The Kier molecular flexibility index (Phi) is 4.69. The Hall–Kier alpha value is -3.74. The van der Waals surface area contributed by atoms with Crippen LogP contribution in [0.2, 0.25) is 0 Å². The van der Waals surface area contributed by atoms with E-state index in [2.05, 4.69) is 12.2 Å². The highest BCUT2D eigenvalue weighted by atomic mass is 16.5. The maximum atomic E-state index is 13.1. The van der Waals surface area contributed by atoms with Crippen LogP contribution >= 0.6 is 0 Å². The third-order valence-corrected chi connectivity index (χ3v) is 7.63. The van der Waals surface area contributed by atoms with Crippen molar-refractivity contribution in [1.29, 1.82) is 0 Å². The fourth-order valence-electron chi connectivity index (χ4n) is 6.01. The number of benzene rings is 2. The number of para-hydroxylation sites is 1. The van der Waals surface area contributed by atoms with E-state index in [1.54, 1.807) is 29.2 Å². The van der Waals surface area contributed by atoms with Crippen molar-refractivity contribution in [3.05, 3.63) is 66.2 Å². The van der Waals surface area contributed by atoms with Crippen molar-refractivity contribution < 1.29 is 23.9 Å². The maximum Gasteiger partial charge on any atom is 0.316 e. The van der Waals surface area contributed by atoms with Gasteiger partial charge < -0.3 is 9.64 Å². The number of nitrogens with zero attached hydrogens (tertiary/aromatic N) is 2. The van der Waals surface area contributed by atoms with E-state index in [0.717, 1.165) is 17.7 Å². The lowest BCUT2D eigenvalue weighted by molar-refractivity contribution is -0.139. The molecule has 7 nitrogen and oxygen atoms in total. The standard InChI is InChI=1S/C27H24N2O5/c1-15-5-2-3-8-21(15)28-14-18(12-22(28)30)27(33)34-20-7-4-6-19(13-20)29-25(31)23-16-9-10-17(11-16)24(23)26(29)32/h2-10,13,16-18,23-24H,11-12,14H2,1H3/t16-,17-,18+,23-,24+/m0/s1. The van der Waals surface area contributed by atoms with E-state index in [0.29, 0.717) is 5.69 Å². The van der Waals surface area contributed by atoms with Gasteiger partial charge >= 0.3 is 5.97 Å². The van der Waals surface area contributed by atoms with Crippen molar-refractivity contribution in [3.8, 4) is 5.75 Å². The zero-order valence-electron chi connectivity index (χ0n) is 18.7. The Bertz CT molecular complexity index is 1240. The molecule has 0 radical (unpaired) electrons. The lowest BCUT2D eigenvalue weighted by atomic mass is 9.85. The van der Waals surface area contributed by atoms with Gasteiger partial charge in [0.15, 0.2) is 0 Å². The number of amides is 3. The molecule has 3 amide bonds. The molecule has 6 rings (SSSR count). The first kappa shape index (κ1) is 20.8. The summed E-state index contributed by atoms with van der Waals surface area (Å²) in [6.07, 6.45) is 5.07. The summed E-state index contributed by atoms with van der Waals surface area (Å²) in [5, 5.41) is 0. The zero-order valence-corrected chi connectivity index (χ0v) is 18.7. The Morgan fingerprint density at radius 2 is 1.65 bits per heavy atom. The van der Waals surface area contributed by atoms with Crippen molar-refractivity contribution in [2.45, 2.75) is 19.8 Å². The highest BCUT2D eigenvalue weighted by Gasteiger charge is 2.59.